The molecule has 68 valence electrons. The zero-order valence-corrected chi connectivity index (χ0v) is 9.58. The maximum Gasteiger partial charge on any atom is 0.159 e. The van der Waals surface area contributed by atoms with E-state index in [9.17, 15) is 9.59 Å². The second-order valence-electron chi connectivity index (χ2n) is 2.84. The first-order valence-corrected chi connectivity index (χ1v) is 4.91. The van der Waals surface area contributed by atoms with Crippen LogP contribution in [0, 0.1) is 3.57 Å². The van der Waals surface area contributed by atoms with Crippen LogP contribution in [0.5, 0.6) is 0 Å². The highest BCUT2D eigenvalue weighted by atomic mass is 127. The van der Waals surface area contributed by atoms with Crippen LogP contribution in [0.3, 0.4) is 0 Å². The van der Waals surface area contributed by atoms with Crippen molar-refractivity contribution in [3.8, 4) is 0 Å². The lowest BCUT2D eigenvalue weighted by atomic mass is 10.1. The third-order valence-electron chi connectivity index (χ3n) is 1.71. The fourth-order valence-corrected chi connectivity index (χ4v) is 1.67. The summed E-state index contributed by atoms with van der Waals surface area (Å²) in [6.45, 7) is 2.99. The smallest absolute Gasteiger partial charge is 0.159 e. The molecule has 0 aromatic heterocycles. The van der Waals surface area contributed by atoms with Crippen LogP contribution in [-0.4, -0.2) is 11.6 Å². The first-order chi connectivity index (χ1) is 6.00. The van der Waals surface area contributed by atoms with Gasteiger partial charge in [-0.15, -0.1) is 0 Å². The van der Waals surface area contributed by atoms with Crippen molar-refractivity contribution in [2.24, 2.45) is 0 Å². The Morgan fingerprint density at radius 2 is 1.38 bits per heavy atom. The first-order valence-electron chi connectivity index (χ1n) is 3.83. The van der Waals surface area contributed by atoms with Crippen molar-refractivity contribution in [2.75, 3.05) is 0 Å². The summed E-state index contributed by atoms with van der Waals surface area (Å²) in [6.07, 6.45) is 0. The molecule has 0 N–H and O–H groups in total. The van der Waals surface area contributed by atoms with Gasteiger partial charge in [0.1, 0.15) is 0 Å². The second kappa shape index (κ2) is 4.00. The van der Waals surface area contributed by atoms with Gasteiger partial charge in [-0.2, -0.15) is 0 Å². The molecule has 13 heavy (non-hydrogen) atoms. The highest BCUT2D eigenvalue weighted by Gasteiger charge is 2.05. The highest BCUT2D eigenvalue weighted by molar-refractivity contribution is 14.1. The van der Waals surface area contributed by atoms with E-state index in [0.29, 0.717) is 11.1 Å². The van der Waals surface area contributed by atoms with Crippen LogP contribution in [0.1, 0.15) is 34.6 Å². The van der Waals surface area contributed by atoms with Crippen molar-refractivity contribution in [2.45, 2.75) is 13.8 Å². The molecular formula is C10H9IO2. The van der Waals surface area contributed by atoms with Crippen molar-refractivity contribution >= 4 is 34.2 Å². The summed E-state index contributed by atoms with van der Waals surface area (Å²) < 4.78 is 0.913. The van der Waals surface area contributed by atoms with Crippen molar-refractivity contribution < 1.29 is 9.59 Å². The minimum absolute atomic E-state index is 0.0129. The first kappa shape index (κ1) is 10.4. The maximum atomic E-state index is 11.1. The van der Waals surface area contributed by atoms with E-state index in [-0.39, 0.29) is 11.6 Å². The fourth-order valence-electron chi connectivity index (χ4n) is 0.996. The average molecular weight is 288 g/mol. The van der Waals surface area contributed by atoms with Gasteiger partial charge in [0.25, 0.3) is 0 Å². The van der Waals surface area contributed by atoms with Crippen molar-refractivity contribution in [1.82, 2.24) is 0 Å². The topological polar surface area (TPSA) is 34.1 Å². The molecule has 1 rings (SSSR count). The number of hydrogen-bond acceptors (Lipinski definition) is 2. The number of hydrogen-bond donors (Lipinski definition) is 0. The van der Waals surface area contributed by atoms with Crippen molar-refractivity contribution in [3.05, 3.63) is 32.9 Å². The number of halogens is 1. The van der Waals surface area contributed by atoms with Crippen LogP contribution >= 0.6 is 22.6 Å². The van der Waals surface area contributed by atoms with E-state index in [2.05, 4.69) is 22.6 Å². The Morgan fingerprint density at radius 3 is 1.69 bits per heavy atom. The molecule has 0 unspecified atom stereocenters. The standard InChI is InChI=1S/C10H9IO2/c1-6(12)8-3-9(7(2)13)5-10(11)4-8/h3-5H,1-2H3. The van der Waals surface area contributed by atoms with E-state index < -0.39 is 0 Å². The minimum atomic E-state index is -0.0129. The molecule has 0 spiro atoms. The predicted octanol–water partition coefficient (Wildman–Crippen LogP) is 2.70. The lowest BCUT2D eigenvalue weighted by Gasteiger charge is -2.00. The predicted molar refractivity (Wildman–Crippen MR) is 59.2 cm³/mol. The number of benzene rings is 1. The molecule has 0 aliphatic carbocycles. The molecule has 0 fully saturated rings. The molecule has 0 heterocycles. The molecule has 0 amide bonds. The highest BCUT2D eigenvalue weighted by Crippen LogP contribution is 2.13. The lowest BCUT2D eigenvalue weighted by molar-refractivity contribution is 0.101. The third-order valence-corrected chi connectivity index (χ3v) is 2.33. The number of carbonyl (C=O) groups excluding carboxylic acids is 2. The quantitative estimate of drug-likeness (QED) is 0.619. The Kier molecular flexibility index (Phi) is 3.19. The van der Waals surface area contributed by atoms with Gasteiger partial charge in [-0.05, 0) is 54.6 Å². The molecular weight excluding hydrogens is 279 g/mol. The molecule has 2 nitrogen and oxygen atoms in total. The van der Waals surface area contributed by atoms with Crippen LogP contribution in [0.25, 0.3) is 0 Å². The van der Waals surface area contributed by atoms with Gasteiger partial charge in [-0.3, -0.25) is 9.59 Å². The molecule has 0 saturated carbocycles. The summed E-state index contributed by atoms with van der Waals surface area (Å²) in [4.78, 5) is 22.1. The van der Waals surface area contributed by atoms with Gasteiger partial charge in [-0.25, -0.2) is 0 Å². The molecule has 0 bridgehead atoms. The molecule has 1 aromatic carbocycles. The van der Waals surface area contributed by atoms with Gasteiger partial charge in [0.05, 0.1) is 0 Å². The van der Waals surface area contributed by atoms with E-state index >= 15 is 0 Å². The monoisotopic (exact) mass is 288 g/mol. The number of ketones is 2. The molecule has 0 aliphatic rings. The Labute approximate surface area is 90.5 Å². The number of carbonyl (C=O) groups is 2. The van der Waals surface area contributed by atoms with Crippen LogP contribution in [-0.2, 0) is 0 Å². The minimum Gasteiger partial charge on any atom is -0.295 e. The SMILES string of the molecule is CC(=O)c1cc(I)cc(C(C)=O)c1. The summed E-state index contributed by atoms with van der Waals surface area (Å²) in [5.74, 6) is -0.0259. The van der Waals surface area contributed by atoms with Gasteiger partial charge in [0.15, 0.2) is 11.6 Å². The van der Waals surface area contributed by atoms with Gasteiger partial charge in [-0.1, -0.05) is 0 Å². The van der Waals surface area contributed by atoms with Gasteiger partial charge in [0.2, 0.25) is 0 Å². The van der Waals surface area contributed by atoms with Crippen LogP contribution in [0.2, 0.25) is 0 Å². The zero-order valence-electron chi connectivity index (χ0n) is 7.43. The van der Waals surface area contributed by atoms with Crippen LogP contribution in [0.4, 0.5) is 0 Å². The summed E-state index contributed by atoms with van der Waals surface area (Å²) in [7, 11) is 0. The Morgan fingerprint density at radius 1 is 1.00 bits per heavy atom. The largest absolute Gasteiger partial charge is 0.295 e. The molecule has 0 radical (unpaired) electrons. The normalized spacial score (nSPS) is 9.77. The van der Waals surface area contributed by atoms with Gasteiger partial charge >= 0.3 is 0 Å². The molecule has 0 atom stereocenters. The second-order valence-corrected chi connectivity index (χ2v) is 4.09. The van der Waals surface area contributed by atoms with E-state index in [4.69, 9.17) is 0 Å². The van der Waals surface area contributed by atoms with Crippen molar-refractivity contribution in [1.29, 1.82) is 0 Å². The third kappa shape index (κ3) is 2.62. The number of rotatable bonds is 2. The van der Waals surface area contributed by atoms with E-state index in [1.54, 1.807) is 18.2 Å². The Bertz CT molecular complexity index is 337. The zero-order chi connectivity index (χ0) is 10.0. The number of Topliss-reactive ketones (excluding diaryl/α,β-unsaturated/α-hetero) is 2. The van der Waals surface area contributed by atoms with E-state index in [0.717, 1.165) is 3.57 Å². The average Bonchev–Trinajstić information content (AvgIpc) is 2.03. The molecule has 0 saturated heterocycles. The maximum absolute atomic E-state index is 11.1. The molecule has 0 aliphatic heterocycles. The van der Waals surface area contributed by atoms with Crippen LogP contribution < -0.4 is 0 Å². The Balaban J connectivity index is 3.26. The lowest BCUT2D eigenvalue weighted by Crippen LogP contribution is -1.99. The summed E-state index contributed by atoms with van der Waals surface area (Å²) in [6, 6.07) is 5.18. The van der Waals surface area contributed by atoms with Crippen LogP contribution in [0.15, 0.2) is 18.2 Å². The molecule has 1 aromatic rings. The summed E-state index contributed by atoms with van der Waals surface area (Å²) in [5.41, 5.74) is 1.19. The van der Waals surface area contributed by atoms with Gasteiger partial charge in [0, 0.05) is 14.7 Å². The molecule has 3 heteroatoms. The van der Waals surface area contributed by atoms with E-state index in [1.807, 2.05) is 0 Å². The van der Waals surface area contributed by atoms with Crippen molar-refractivity contribution in [3.63, 3.8) is 0 Å². The Hall–Kier alpha value is -0.710. The van der Waals surface area contributed by atoms with E-state index in [1.165, 1.54) is 13.8 Å². The fraction of sp³-hybridized carbons (Fsp3) is 0.200. The van der Waals surface area contributed by atoms with Gasteiger partial charge < -0.3 is 0 Å². The summed E-state index contributed by atoms with van der Waals surface area (Å²) >= 11 is 2.09. The summed E-state index contributed by atoms with van der Waals surface area (Å²) in [5, 5.41) is 0.